The molecule has 14 heteroatoms. The number of fused-ring (bicyclic) bond motifs is 1. The lowest BCUT2D eigenvalue weighted by Gasteiger charge is -2.27. The van der Waals surface area contributed by atoms with Crippen molar-refractivity contribution in [3.63, 3.8) is 0 Å². The fourth-order valence-corrected chi connectivity index (χ4v) is 4.60. The lowest BCUT2D eigenvalue weighted by atomic mass is 9.83. The van der Waals surface area contributed by atoms with E-state index in [2.05, 4.69) is 4.74 Å². The smallest absolute Gasteiger partial charge is 0.349 e. The third-order valence-corrected chi connectivity index (χ3v) is 6.79. The molecular weight excluding hydrogens is 622 g/mol. The Kier molecular flexibility index (Phi) is 8.94. The summed E-state index contributed by atoms with van der Waals surface area (Å²) in [7, 11) is 1.40. The van der Waals surface area contributed by atoms with Gasteiger partial charge >= 0.3 is 5.97 Å². The summed E-state index contributed by atoms with van der Waals surface area (Å²) in [5, 5.41) is 9.89. The molecule has 0 saturated heterocycles. The van der Waals surface area contributed by atoms with Gasteiger partial charge in [-0.1, -0.05) is 30.3 Å². The highest BCUT2D eigenvalue weighted by Gasteiger charge is 2.32. The molecule has 0 amide bonds. The van der Waals surface area contributed by atoms with Crippen LogP contribution in [0.2, 0.25) is 0 Å². The minimum atomic E-state index is -2.38. The lowest BCUT2D eigenvalue weighted by molar-refractivity contribution is -0.136. The van der Waals surface area contributed by atoms with Gasteiger partial charge in [0.2, 0.25) is 35.0 Å². The van der Waals surface area contributed by atoms with Crippen LogP contribution in [0.4, 0.5) is 26.3 Å². The summed E-state index contributed by atoms with van der Waals surface area (Å²) in [5.41, 5.74) is 7.37. The van der Waals surface area contributed by atoms with Crippen molar-refractivity contribution in [3.05, 3.63) is 124 Å². The molecule has 46 heavy (non-hydrogen) atoms. The standard InChI is InChI=1S/C32H20F6N2O6/c1-42-23-10-15(6-9-21(23)43-13-16-4-2-3-5-20(16)33)25-18-8-7-17(11-22(18)46-32(40)19(25)12-39)45-24(41)14-44-31-29(37)27(35)26(34)28(36)30(31)38/h2-11,25H,13-14,40H2,1H3. The van der Waals surface area contributed by atoms with Gasteiger partial charge in [0.25, 0.3) is 0 Å². The summed E-state index contributed by atoms with van der Waals surface area (Å²) >= 11 is 0. The molecule has 0 saturated carbocycles. The van der Waals surface area contributed by atoms with E-state index in [1.165, 1.54) is 31.4 Å². The molecule has 1 atom stereocenters. The monoisotopic (exact) mass is 642 g/mol. The fourth-order valence-electron chi connectivity index (χ4n) is 4.60. The van der Waals surface area contributed by atoms with Crippen LogP contribution in [0.1, 0.15) is 22.6 Å². The number of hydrogen-bond donors (Lipinski definition) is 1. The number of hydrogen-bond acceptors (Lipinski definition) is 8. The Hall–Kier alpha value is -5.84. The highest BCUT2D eigenvalue weighted by Crippen LogP contribution is 2.45. The minimum absolute atomic E-state index is 0.0514. The second kappa shape index (κ2) is 13.0. The first-order valence-electron chi connectivity index (χ1n) is 13.1. The van der Waals surface area contributed by atoms with Gasteiger partial charge in [0.1, 0.15) is 35.6 Å². The molecule has 0 spiro atoms. The molecular formula is C32H20F6N2O6. The predicted molar refractivity (Wildman–Crippen MR) is 147 cm³/mol. The number of ether oxygens (including phenoxy) is 5. The zero-order chi connectivity index (χ0) is 33.1. The fraction of sp³-hybridized carbons (Fsp3) is 0.125. The number of carbonyl (C=O) groups is 1. The predicted octanol–water partition coefficient (Wildman–Crippen LogP) is 6.31. The van der Waals surface area contributed by atoms with Crippen molar-refractivity contribution in [2.45, 2.75) is 12.5 Å². The van der Waals surface area contributed by atoms with Crippen LogP contribution in [-0.4, -0.2) is 19.7 Å². The summed E-state index contributed by atoms with van der Waals surface area (Å²) in [5.74, 6) is -15.3. The van der Waals surface area contributed by atoms with E-state index in [4.69, 9.17) is 24.7 Å². The molecule has 1 aliphatic heterocycles. The zero-order valence-corrected chi connectivity index (χ0v) is 23.5. The van der Waals surface area contributed by atoms with Gasteiger partial charge in [-0.15, -0.1) is 0 Å². The van der Waals surface area contributed by atoms with Crippen LogP contribution in [0.3, 0.4) is 0 Å². The zero-order valence-electron chi connectivity index (χ0n) is 23.5. The van der Waals surface area contributed by atoms with E-state index < -0.39 is 59.1 Å². The molecule has 236 valence electrons. The molecule has 4 aromatic rings. The Bertz CT molecular complexity index is 1900. The largest absolute Gasteiger partial charge is 0.493 e. The van der Waals surface area contributed by atoms with Gasteiger partial charge in [-0.2, -0.15) is 14.0 Å². The Labute approximate surface area is 256 Å². The number of esters is 1. The first kappa shape index (κ1) is 31.6. The first-order valence-corrected chi connectivity index (χ1v) is 13.1. The Morgan fingerprint density at radius 1 is 0.891 bits per heavy atom. The molecule has 5 rings (SSSR count). The number of nitrogens with two attached hydrogens (primary N) is 1. The number of nitrogens with zero attached hydrogens (tertiary/aromatic N) is 1. The maximum absolute atomic E-state index is 14.0. The average molecular weight is 643 g/mol. The van der Waals surface area contributed by atoms with Crippen LogP contribution in [-0.2, 0) is 11.4 Å². The topological polar surface area (TPSA) is 113 Å². The number of benzene rings is 4. The number of allylic oxidation sites excluding steroid dienone is 1. The Morgan fingerprint density at radius 2 is 1.59 bits per heavy atom. The maximum atomic E-state index is 14.0. The van der Waals surface area contributed by atoms with Crippen molar-refractivity contribution >= 4 is 5.97 Å². The number of nitriles is 1. The van der Waals surface area contributed by atoms with E-state index in [-0.39, 0.29) is 35.3 Å². The van der Waals surface area contributed by atoms with Crippen molar-refractivity contribution < 1.29 is 54.8 Å². The van der Waals surface area contributed by atoms with Crippen LogP contribution in [0.15, 0.2) is 72.1 Å². The van der Waals surface area contributed by atoms with Crippen molar-refractivity contribution in [1.29, 1.82) is 5.26 Å². The Balaban J connectivity index is 1.36. The molecule has 4 aromatic carbocycles. The van der Waals surface area contributed by atoms with E-state index in [1.807, 2.05) is 6.07 Å². The van der Waals surface area contributed by atoms with Gasteiger partial charge < -0.3 is 29.4 Å². The number of methoxy groups -OCH3 is 1. The molecule has 0 fully saturated rings. The van der Waals surface area contributed by atoms with Crippen molar-refractivity contribution in [2.75, 3.05) is 13.7 Å². The van der Waals surface area contributed by atoms with E-state index in [0.29, 0.717) is 22.4 Å². The summed E-state index contributed by atoms with van der Waals surface area (Å²) in [6, 6.07) is 17.0. The van der Waals surface area contributed by atoms with Crippen LogP contribution < -0.4 is 29.4 Å². The van der Waals surface area contributed by atoms with Gasteiger partial charge in [0.05, 0.1) is 13.0 Å². The lowest BCUT2D eigenvalue weighted by Crippen LogP contribution is -2.22. The molecule has 0 bridgehead atoms. The first-order chi connectivity index (χ1) is 22.0. The van der Waals surface area contributed by atoms with Crippen molar-refractivity contribution in [1.82, 2.24) is 0 Å². The van der Waals surface area contributed by atoms with E-state index in [9.17, 15) is 36.4 Å². The van der Waals surface area contributed by atoms with Gasteiger partial charge in [0.15, 0.2) is 23.9 Å². The summed E-state index contributed by atoms with van der Waals surface area (Å²) in [6.45, 7) is -1.29. The normalized spacial score (nSPS) is 13.7. The summed E-state index contributed by atoms with van der Waals surface area (Å²) in [4.78, 5) is 12.3. The highest BCUT2D eigenvalue weighted by molar-refractivity contribution is 5.74. The minimum Gasteiger partial charge on any atom is -0.493 e. The highest BCUT2D eigenvalue weighted by atomic mass is 19.2. The van der Waals surface area contributed by atoms with E-state index >= 15 is 0 Å². The van der Waals surface area contributed by atoms with Gasteiger partial charge in [-0.3, -0.25) is 0 Å². The molecule has 1 heterocycles. The average Bonchev–Trinajstić information content (AvgIpc) is 3.05. The molecule has 8 nitrogen and oxygen atoms in total. The van der Waals surface area contributed by atoms with Crippen LogP contribution in [0.5, 0.6) is 28.7 Å². The van der Waals surface area contributed by atoms with Crippen molar-refractivity contribution in [3.8, 4) is 34.8 Å². The number of halogens is 6. The second-order valence-corrected chi connectivity index (χ2v) is 9.58. The third-order valence-electron chi connectivity index (χ3n) is 6.79. The van der Waals surface area contributed by atoms with Crippen molar-refractivity contribution in [2.24, 2.45) is 5.73 Å². The molecule has 1 unspecified atom stereocenters. The molecule has 2 N–H and O–H groups in total. The summed E-state index contributed by atoms with van der Waals surface area (Å²) < 4.78 is 108. The molecule has 0 radical (unpaired) electrons. The maximum Gasteiger partial charge on any atom is 0.349 e. The number of carbonyl (C=O) groups excluding carboxylic acids is 1. The van der Waals surface area contributed by atoms with Gasteiger partial charge in [-0.25, -0.2) is 22.4 Å². The summed E-state index contributed by atoms with van der Waals surface area (Å²) in [6.07, 6.45) is 0. The molecule has 0 aromatic heterocycles. The van der Waals surface area contributed by atoms with Gasteiger partial charge in [-0.05, 0) is 29.8 Å². The second-order valence-electron chi connectivity index (χ2n) is 9.58. The molecule has 0 aliphatic carbocycles. The molecule has 1 aliphatic rings. The van der Waals surface area contributed by atoms with Gasteiger partial charge in [0, 0.05) is 17.2 Å². The van der Waals surface area contributed by atoms with Crippen LogP contribution in [0.25, 0.3) is 0 Å². The van der Waals surface area contributed by atoms with E-state index in [0.717, 1.165) is 0 Å². The third kappa shape index (κ3) is 6.07. The quantitative estimate of drug-likeness (QED) is 0.0743. The van der Waals surface area contributed by atoms with E-state index in [1.54, 1.807) is 36.4 Å². The van der Waals surface area contributed by atoms with Crippen LogP contribution >= 0.6 is 0 Å². The SMILES string of the molecule is COc1cc(C2C(C#N)=C(N)Oc3cc(OC(=O)COc4c(F)c(F)c(F)c(F)c4F)ccc32)ccc1OCc1ccccc1F. The number of rotatable bonds is 9. The Morgan fingerprint density at radius 3 is 2.26 bits per heavy atom. The van der Waals surface area contributed by atoms with Crippen LogP contribution in [0, 0.1) is 46.2 Å².